The predicted molar refractivity (Wildman–Crippen MR) is 72.0 cm³/mol. The zero-order valence-corrected chi connectivity index (χ0v) is 11.6. The Morgan fingerprint density at radius 1 is 1.21 bits per heavy atom. The molecule has 1 aliphatic heterocycles. The van der Waals surface area contributed by atoms with E-state index in [0.29, 0.717) is 31.7 Å². The number of carbonyl (C=O) groups is 2. The van der Waals surface area contributed by atoms with Crippen LogP contribution < -0.4 is 0 Å². The van der Waals surface area contributed by atoms with Gasteiger partial charge in [-0.1, -0.05) is 11.6 Å². The van der Waals surface area contributed by atoms with Gasteiger partial charge in [0.05, 0.1) is 5.56 Å². The van der Waals surface area contributed by atoms with Gasteiger partial charge in [0.15, 0.2) is 0 Å². The standard InChI is InChI=1S/C13H16ClN3O2/c1-10(18)16-6-3-7-17(9-8-16)13(19)11-4-2-5-15-12(11)14/h2,4-5H,3,6-9H2,1H3. The Balaban J connectivity index is 2.08. The van der Waals surface area contributed by atoms with E-state index < -0.39 is 0 Å². The van der Waals surface area contributed by atoms with Gasteiger partial charge >= 0.3 is 0 Å². The normalized spacial score (nSPS) is 16.1. The quantitative estimate of drug-likeness (QED) is 0.732. The third-order valence-corrected chi connectivity index (χ3v) is 3.52. The van der Waals surface area contributed by atoms with Crippen LogP contribution in [-0.2, 0) is 4.79 Å². The van der Waals surface area contributed by atoms with Crippen LogP contribution in [0.2, 0.25) is 5.15 Å². The first-order valence-electron chi connectivity index (χ1n) is 6.25. The number of hydrogen-bond acceptors (Lipinski definition) is 3. The zero-order valence-electron chi connectivity index (χ0n) is 10.8. The molecule has 102 valence electrons. The molecule has 1 fully saturated rings. The van der Waals surface area contributed by atoms with Crippen LogP contribution in [0.4, 0.5) is 0 Å². The second kappa shape index (κ2) is 6.02. The Bertz CT molecular complexity index is 493. The summed E-state index contributed by atoms with van der Waals surface area (Å²) in [4.78, 5) is 31.1. The highest BCUT2D eigenvalue weighted by molar-refractivity contribution is 6.32. The summed E-state index contributed by atoms with van der Waals surface area (Å²) in [7, 11) is 0. The minimum Gasteiger partial charge on any atom is -0.341 e. The van der Waals surface area contributed by atoms with Crippen molar-refractivity contribution in [3.8, 4) is 0 Å². The highest BCUT2D eigenvalue weighted by atomic mass is 35.5. The summed E-state index contributed by atoms with van der Waals surface area (Å²) in [6.45, 7) is 3.98. The Kier molecular flexibility index (Phi) is 4.37. The van der Waals surface area contributed by atoms with Gasteiger partial charge < -0.3 is 9.80 Å². The lowest BCUT2D eigenvalue weighted by atomic mass is 10.2. The first-order chi connectivity index (χ1) is 9.09. The Labute approximate surface area is 117 Å². The van der Waals surface area contributed by atoms with Crippen LogP contribution in [0.25, 0.3) is 0 Å². The van der Waals surface area contributed by atoms with Crippen molar-refractivity contribution in [3.05, 3.63) is 29.0 Å². The van der Waals surface area contributed by atoms with E-state index in [0.717, 1.165) is 6.42 Å². The first kappa shape index (κ1) is 13.8. The van der Waals surface area contributed by atoms with Crippen LogP contribution in [0.3, 0.4) is 0 Å². The maximum absolute atomic E-state index is 12.3. The number of aromatic nitrogens is 1. The summed E-state index contributed by atoms with van der Waals surface area (Å²) >= 11 is 5.94. The molecule has 2 amide bonds. The third-order valence-electron chi connectivity index (χ3n) is 3.22. The first-order valence-corrected chi connectivity index (χ1v) is 6.62. The molecular formula is C13H16ClN3O2. The van der Waals surface area contributed by atoms with E-state index in [2.05, 4.69) is 4.98 Å². The summed E-state index contributed by atoms with van der Waals surface area (Å²) in [5.41, 5.74) is 0.417. The lowest BCUT2D eigenvalue weighted by Gasteiger charge is -2.21. The van der Waals surface area contributed by atoms with Gasteiger partial charge in [0, 0.05) is 39.3 Å². The topological polar surface area (TPSA) is 53.5 Å². The van der Waals surface area contributed by atoms with Crippen LogP contribution in [-0.4, -0.2) is 52.8 Å². The molecule has 0 aromatic carbocycles. The Morgan fingerprint density at radius 2 is 1.89 bits per heavy atom. The molecule has 0 bridgehead atoms. The molecule has 0 spiro atoms. The Hall–Kier alpha value is -1.62. The molecule has 1 aromatic heterocycles. The average molecular weight is 282 g/mol. The Morgan fingerprint density at radius 3 is 2.58 bits per heavy atom. The number of nitrogens with zero attached hydrogens (tertiary/aromatic N) is 3. The predicted octanol–water partition coefficient (Wildman–Crippen LogP) is 1.43. The molecule has 0 saturated carbocycles. The third kappa shape index (κ3) is 3.23. The van der Waals surface area contributed by atoms with Crippen LogP contribution in [0, 0.1) is 0 Å². The molecule has 1 aromatic rings. The summed E-state index contributed by atoms with van der Waals surface area (Å²) in [6, 6.07) is 3.37. The van der Waals surface area contributed by atoms with E-state index in [-0.39, 0.29) is 17.0 Å². The van der Waals surface area contributed by atoms with Crippen molar-refractivity contribution >= 4 is 23.4 Å². The number of rotatable bonds is 1. The summed E-state index contributed by atoms with van der Waals surface area (Å²) in [6.07, 6.45) is 2.34. The molecule has 0 N–H and O–H groups in total. The highest BCUT2D eigenvalue weighted by Gasteiger charge is 2.22. The van der Waals surface area contributed by atoms with Gasteiger partial charge in [-0.15, -0.1) is 0 Å². The van der Waals surface area contributed by atoms with Gasteiger partial charge in [-0.25, -0.2) is 4.98 Å². The van der Waals surface area contributed by atoms with Gasteiger partial charge in [0.1, 0.15) is 5.15 Å². The number of hydrogen-bond donors (Lipinski definition) is 0. The van der Waals surface area contributed by atoms with E-state index in [4.69, 9.17) is 11.6 Å². The monoisotopic (exact) mass is 281 g/mol. The molecule has 0 radical (unpaired) electrons. The maximum Gasteiger partial charge on any atom is 0.257 e. The molecule has 2 rings (SSSR count). The van der Waals surface area contributed by atoms with Gasteiger partial charge in [0.2, 0.25) is 5.91 Å². The van der Waals surface area contributed by atoms with Crippen molar-refractivity contribution in [1.29, 1.82) is 0 Å². The fourth-order valence-corrected chi connectivity index (χ4v) is 2.35. The minimum absolute atomic E-state index is 0.0497. The van der Waals surface area contributed by atoms with Crippen molar-refractivity contribution in [3.63, 3.8) is 0 Å². The highest BCUT2D eigenvalue weighted by Crippen LogP contribution is 2.15. The lowest BCUT2D eigenvalue weighted by Crippen LogP contribution is -2.36. The summed E-state index contributed by atoms with van der Waals surface area (Å²) in [5.74, 6) is -0.0720. The maximum atomic E-state index is 12.3. The van der Waals surface area contributed by atoms with Crippen molar-refractivity contribution in [2.24, 2.45) is 0 Å². The van der Waals surface area contributed by atoms with Crippen LogP contribution in [0.1, 0.15) is 23.7 Å². The van der Waals surface area contributed by atoms with Gasteiger partial charge in [-0.3, -0.25) is 9.59 Å². The largest absolute Gasteiger partial charge is 0.341 e. The van der Waals surface area contributed by atoms with E-state index in [1.54, 1.807) is 35.1 Å². The molecule has 19 heavy (non-hydrogen) atoms. The molecule has 0 unspecified atom stereocenters. The fraction of sp³-hybridized carbons (Fsp3) is 0.462. The second-order valence-corrected chi connectivity index (χ2v) is 4.85. The molecule has 2 heterocycles. The zero-order chi connectivity index (χ0) is 13.8. The van der Waals surface area contributed by atoms with E-state index >= 15 is 0 Å². The summed E-state index contributed by atoms with van der Waals surface area (Å²) in [5, 5.41) is 0.222. The molecule has 5 nitrogen and oxygen atoms in total. The lowest BCUT2D eigenvalue weighted by molar-refractivity contribution is -0.128. The molecule has 1 saturated heterocycles. The number of amides is 2. The average Bonchev–Trinajstić information content (AvgIpc) is 2.64. The smallest absolute Gasteiger partial charge is 0.257 e. The van der Waals surface area contributed by atoms with Crippen molar-refractivity contribution in [2.75, 3.05) is 26.2 Å². The van der Waals surface area contributed by atoms with E-state index in [1.165, 1.54) is 0 Å². The van der Waals surface area contributed by atoms with Gasteiger partial charge in [-0.05, 0) is 18.6 Å². The molecule has 0 atom stereocenters. The number of pyridine rings is 1. The van der Waals surface area contributed by atoms with Crippen LogP contribution in [0.5, 0.6) is 0 Å². The summed E-state index contributed by atoms with van der Waals surface area (Å²) < 4.78 is 0. The molecule has 1 aliphatic rings. The second-order valence-electron chi connectivity index (χ2n) is 4.49. The number of halogens is 1. The van der Waals surface area contributed by atoms with Crippen LogP contribution >= 0.6 is 11.6 Å². The number of carbonyl (C=O) groups excluding carboxylic acids is 2. The minimum atomic E-state index is -0.122. The van der Waals surface area contributed by atoms with E-state index in [9.17, 15) is 9.59 Å². The molecule has 0 aliphatic carbocycles. The van der Waals surface area contributed by atoms with Crippen molar-refractivity contribution in [2.45, 2.75) is 13.3 Å². The van der Waals surface area contributed by atoms with Crippen molar-refractivity contribution in [1.82, 2.24) is 14.8 Å². The van der Waals surface area contributed by atoms with E-state index in [1.807, 2.05) is 0 Å². The van der Waals surface area contributed by atoms with Gasteiger partial charge in [0.25, 0.3) is 5.91 Å². The van der Waals surface area contributed by atoms with Gasteiger partial charge in [-0.2, -0.15) is 0 Å². The van der Waals surface area contributed by atoms with Crippen molar-refractivity contribution < 1.29 is 9.59 Å². The SMILES string of the molecule is CC(=O)N1CCCN(C(=O)c2cccnc2Cl)CC1. The molecule has 6 heteroatoms. The molecular weight excluding hydrogens is 266 g/mol. The fourth-order valence-electron chi connectivity index (χ4n) is 2.15. The van der Waals surface area contributed by atoms with Crippen LogP contribution in [0.15, 0.2) is 18.3 Å².